The molecule has 0 bridgehead atoms. The van der Waals surface area contributed by atoms with Crippen molar-refractivity contribution in [3.8, 4) is 16.9 Å². The van der Waals surface area contributed by atoms with Crippen molar-refractivity contribution in [2.75, 3.05) is 13.2 Å². The summed E-state index contributed by atoms with van der Waals surface area (Å²) in [6.07, 6.45) is 3.24. The maximum Gasteiger partial charge on any atom is 0.313 e. The van der Waals surface area contributed by atoms with Gasteiger partial charge < -0.3 is 9.47 Å². The van der Waals surface area contributed by atoms with Crippen LogP contribution in [0.5, 0.6) is 5.75 Å². The van der Waals surface area contributed by atoms with Gasteiger partial charge in [-0.2, -0.15) is 0 Å². The SMILES string of the molecule is CCOC(=O)C(CC(C)C)c1ccc(OCC2CC2)c(-c2ccc(Cl)cc2)c1. The fraction of sp³-hybridized carbons (Fsp3) is 0.458. The molecule has 1 aliphatic carbocycles. The summed E-state index contributed by atoms with van der Waals surface area (Å²) in [5.74, 6) is 1.48. The predicted octanol–water partition coefficient (Wildman–Crippen LogP) is 6.49. The van der Waals surface area contributed by atoms with Crippen molar-refractivity contribution >= 4 is 17.6 Å². The van der Waals surface area contributed by atoms with E-state index in [-0.39, 0.29) is 11.9 Å². The summed E-state index contributed by atoms with van der Waals surface area (Å²) >= 11 is 6.07. The molecule has 2 aromatic rings. The highest BCUT2D eigenvalue weighted by molar-refractivity contribution is 6.30. The highest BCUT2D eigenvalue weighted by Crippen LogP contribution is 2.37. The smallest absolute Gasteiger partial charge is 0.313 e. The number of hydrogen-bond acceptors (Lipinski definition) is 3. The van der Waals surface area contributed by atoms with Crippen LogP contribution in [0.2, 0.25) is 5.02 Å². The quantitative estimate of drug-likeness (QED) is 0.451. The first-order valence-electron chi connectivity index (χ1n) is 10.2. The van der Waals surface area contributed by atoms with Gasteiger partial charge in [-0.05, 0) is 73.4 Å². The summed E-state index contributed by atoms with van der Waals surface area (Å²) < 4.78 is 11.5. The first-order valence-corrected chi connectivity index (χ1v) is 10.5. The average molecular weight is 401 g/mol. The molecule has 1 aliphatic rings. The number of carbonyl (C=O) groups excluding carboxylic acids is 1. The highest BCUT2D eigenvalue weighted by atomic mass is 35.5. The molecule has 4 heteroatoms. The Labute approximate surface area is 173 Å². The molecule has 28 heavy (non-hydrogen) atoms. The number of benzene rings is 2. The zero-order chi connectivity index (χ0) is 20.1. The monoisotopic (exact) mass is 400 g/mol. The molecule has 3 rings (SSSR count). The molecule has 1 unspecified atom stereocenters. The lowest BCUT2D eigenvalue weighted by atomic mass is 9.88. The van der Waals surface area contributed by atoms with E-state index in [0.29, 0.717) is 23.5 Å². The molecule has 1 atom stereocenters. The van der Waals surface area contributed by atoms with Gasteiger partial charge >= 0.3 is 5.97 Å². The first-order chi connectivity index (χ1) is 13.5. The van der Waals surface area contributed by atoms with Crippen LogP contribution >= 0.6 is 11.6 Å². The fourth-order valence-corrected chi connectivity index (χ4v) is 3.45. The van der Waals surface area contributed by atoms with E-state index >= 15 is 0 Å². The third-order valence-corrected chi connectivity index (χ3v) is 5.26. The van der Waals surface area contributed by atoms with Gasteiger partial charge in [-0.15, -0.1) is 0 Å². The molecule has 0 amide bonds. The van der Waals surface area contributed by atoms with E-state index in [1.54, 1.807) is 0 Å². The summed E-state index contributed by atoms with van der Waals surface area (Å²) in [5.41, 5.74) is 2.99. The molecular formula is C24H29ClO3. The van der Waals surface area contributed by atoms with E-state index < -0.39 is 0 Å². The van der Waals surface area contributed by atoms with Crippen LogP contribution in [0.25, 0.3) is 11.1 Å². The van der Waals surface area contributed by atoms with Crippen molar-refractivity contribution in [2.45, 2.75) is 46.0 Å². The Morgan fingerprint density at radius 3 is 2.46 bits per heavy atom. The number of hydrogen-bond donors (Lipinski definition) is 0. The van der Waals surface area contributed by atoms with Crippen LogP contribution in [0.1, 0.15) is 51.5 Å². The third kappa shape index (κ3) is 5.51. The Morgan fingerprint density at radius 1 is 1.14 bits per heavy atom. The fourth-order valence-electron chi connectivity index (χ4n) is 3.32. The zero-order valence-corrected chi connectivity index (χ0v) is 17.7. The molecule has 3 nitrogen and oxygen atoms in total. The lowest BCUT2D eigenvalue weighted by Crippen LogP contribution is -2.18. The van der Waals surface area contributed by atoms with Crippen molar-refractivity contribution in [3.05, 3.63) is 53.1 Å². The molecule has 0 spiro atoms. The topological polar surface area (TPSA) is 35.5 Å². The number of ether oxygens (including phenoxy) is 2. The van der Waals surface area contributed by atoms with Gasteiger partial charge in [0, 0.05) is 10.6 Å². The molecule has 2 aromatic carbocycles. The van der Waals surface area contributed by atoms with E-state index in [2.05, 4.69) is 19.9 Å². The first kappa shape index (κ1) is 20.7. The second kappa shape index (κ2) is 9.47. The Kier molecular flexibility index (Phi) is 7.01. The summed E-state index contributed by atoms with van der Waals surface area (Å²) in [4.78, 5) is 12.6. The van der Waals surface area contributed by atoms with Gasteiger partial charge in [0.1, 0.15) is 5.75 Å². The Balaban J connectivity index is 1.97. The minimum absolute atomic E-state index is 0.162. The Hall–Kier alpha value is -2.00. The number of halogens is 1. The van der Waals surface area contributed by atoms with E-state index in [1.165, 1.54) is 12.8 Å². The molecular weight excluding hydrogens is 372 g/mol. The molecule has 0 heterocycles. The average Bonchev–Trinajstić information content (AvgIpc) is 3.49. The minimum atomic E-state index is -0.275. The summed E-state index contributed by atoms with van der Waals surface area (Å²) in [6.45, 7) is 7.23. The summed E-state index contributed by atoms with van der Waals surface area (Å²) in [7, 11) is 0. The lowest BCUT2D eigenvalue weighted by Gasteiger charge is -2.20. The molecule has 1 fully saturated rings. The third-order valence-electron chi connectivity index (χ3n) is 5.01. The Morgan fingerprint density at radius 2 is 1.86 bits per heavy atom. The maximum absolute atomic E-state index is 12.6. The van der Waals surface area contributed by atoms with Crippen LogP contribution in [0.15, 0.2) is 42.5 Å². The van der Waals surface area contributed by atoms with Crippen molar-refractivity contribution in [1.29, 1.82) is 0 Å². The van der Waals surface area contributed by atoms with Gasteiger partial charge in [-0.3, -0.25) is 4.79 Å². The minimum Gasteiger partial charge on any atom is -0.493 e. The predicted molar refractivity (Wildman–Crippen MR) is 114 cm³/mol. The van der Waals surface area contributed by atoms with Gasteiger partial charge in [0.25, 0.3) is 0 Å². The van der Waals surface area contributed by atoms with Crippen molar-refractivity contribution in [3.63, 3.8) is 0 Å². The van der Waals surface area contributed by atoms with Gasteiger partial charge in [0.15, 0.2) is 0 Å². The molecule has 150 valence electrons. The van der Waals surface area contributed by atoms with Crippen LogP contribution in [-0.2, 0) is 9.53 Å². The molecule has 0 saturated heterocycles. The van der Waals surface area contributed by atoms with Gasteiger partial charge in [0.2, 0.25) is 0 Å². The van der Waals surface area contributed by atoms with Crippen LogP contribution in [-0.4, -0.2) is 19.2 Å². The van der Waals surface area contributed by atoms with Gasteiger partial charge in [-0.1, -0.05) is 43.6 Å². The number of rotatable bonds is 9. The molecule has 0 radical (unpaired) electrons. The van der Waals surface area contributed by atoms with Crippen LogP contribution in [0.3, 0.4) is 0 Å². The van der Waals surface area contributed by atoms with E-state index in [9.17, 15) is 4.79 Å². The maximum atomic E-state index is 12.6. The largest absolute Gasteiger partial charge is 0.493 e. The highest BCUT2D eigenvalue weighted by Gasteiger charge is 2.26. The van der Waals surface area contributed by atoms with E-state index in [4.69, 9.17) is 21.1 Å². The molecule has 0 aromatic heterocycles. The Bertz CT molecular complexity index is 794. The lowest BCUT2D eigenvalue weighted by molar-refractivity contribution is -0.145. The summed E-state index contributed by atoms with van der Waals surface area (Å²) in [6, 6.07) is 13.8. The van der Waals surface area contributed by atoms with Crippen LogP contribution in [0, 0.1) is 11.8 Å². The number of esters is 1. The van der Waals surface area contributed by atoms with E-state index in [0.717, 1.165) is 35.5 Å². The number of carbonyl (C=O) groups is 1. The summed E-state index contributed by atoms with van der Waals surface area (Å²) in [5, 5.41) is 0.699. The molecule has 0 N–H and O–H groups in total. The van der Waals surface area contributed by atoms with Crippen LogP contribution in [0.4, 0.5) is 0 Å². The standard InChI is InChI=1S/C24H29ClO3/c1-4-27-24(26)22(13-16(2)3)19-9-12-23(28-15-17-5-6-17)21(14-19)18-7-10-20(25)11-8-18/h7-12,14,16-17,22H,4-6,13,15H2,1-3H3. The molecule has 0 aliphatic heterocycles. The van der Waals surface area contributed by atoms with Gasteiger partial charge in [-0.25, -0.2) is 0 Å². The van der Waals surface area contributed by atoms with Crippen molar-refractivity contribution in [1.82, 2.24) is 0 Å². The van der Waals surface area contributed by atoms with Crippen LogP contribution < -0.4 is 4.74 Å². The van der Waals surface area contributed by atoms with Gasteiger partial charge in [0.05, 0.1) is 19.1 Å². The van der Waals surface area contributed by atoms with E-state index in [1.807, 2.05) is 43.3 Å². The zero-order valence-electron chi connectivity index (χ0n) is 16.9. The molecule has 1 saturated carbocycles. The van der Waals surface area contributed by atoms with Crippen molar-refractivity contribution in [2.24, 2.45) is 11.8 Å². The van der Waals surface area contributed by atoms with Crippen molar-refractivity contribution < 1.29 is 14.3 Å². The second-order valence-corrected chi connectivity index (χ2v) is 8.39. The second-order valence-electron chi connectivity index (χ2n) is 7.95. The normalized spacial score (nSPS) is 14.8.